The number of hydrogen-bond donors (Lipinski definition) is 2. The molecule has 0 aliphatic carbocycles. The maximum Gasteiger partial charge on any atom is 0.232 e. The Balaban J connectivity index is 1.50. The zero-order valence-corrected chi connectivity index (χ0v) is 14.8. The topological polar surface area (TPSA) is 78.1 Å². The average molecular weight is 399 g/mol. The third-order valence-corrected chi connectivity index (χ3v) is 4.94. The van der Waals surface area contributed by atoms with Crippen LogP contribution in [0.15, 0.2) is 53.0 Å². The monoisotopic (exact) mass is 398 g/mol. The van der Waals surface area contributed by atoms with Crippen LogP contribution in [0.3, 0.4) is 0 Å². The lowest BCUT2D eigenvalue weighted by Crippen LogP contribution is -2.28. The molecule has 1 atom stereocenters. The molecule has 3 aromatic rings. The Morgan fingerprint density at radius 1 is 1.20 bits per heavy atom. The van der Waals surface area contributed by atoms with E-state index in [2.05, 4.69) is 31.2 Å². The lowest BCUT2D eigenvalue weighted by atomic mass is 10.1. The van der Waals surface area contributed by atoms with Gasteiger partial charge in [-0.15, -0.1) is 0 Å². The molecule has 0 radical (unpaired) electrons. The lowest BCUT2D eigenvalue weighted by Gasteiger charge is -2.18. The third-order valence-electron chi connectivity index (χ3n) is 4.27. The summed E-state index contributed by atoms with van der Waals surface area (Å²) in [5, 5.41) is 2.78. The van der Waals surface area contributed by atoms with Crippen LogP contribution in [0.2, 0.25) is 0 Å². The number of amides is 2. The summed E-state index contributed by atoms with van der Waals surface area (Å²) in [4.78, 5) is 33.9. The van der Waals surface area contributed by atoms with Crippen LogP contribution in [0.25, 0.3) is 11.0 Å². The highest BCUT2D eigenvalue weighted by Crippen LogP contribution is 2.31. The first-order valence-corrected chi connectivity index (χ1v) is 8.71. The molecule has 1 fully saturated rings. The summed E-state index contributed by atoms with van der Waals surface area (Å²) in [7, 11) is 0. The molecule has 1 aliphatic rings. The molecule has 0 unspecified atom stereocenters. The van der Waals surface area contributed by atoms with Gasteiger partial charge in [0.15, 0.2) is 0 Å². The maximum atomic E-state index is 12.5. The van der Waals surface area contributed by atoms with Gasteiger partial charge in [0.25, 0.3) is 0 Å². The van der Waals surface area contributed by atoms with E-state index in [4.69, 9.17) is 0 Å². The van der Waals surface area contributed by atoms with E-state index < -0.39 is 5.92 Å². The summed E-state index contributed by atoms with van der Waals surface area (Å²) in [6.07, 6.45) is 0.188. The van der Waals surface area contributed by atoms with Crippen LogP contribution in [-0.4, -0.2) is 28.3 Å². The minimum atomic E-state index is -0.409. The maximum absolute atomic E-state index is 12.5. The van der Waals surface area contributed by atoms with Gasteiger partial charge in [0.05, 0.1) is 22.6 Å². The number of aromatic amines is 1. The SMILES string of the molecule is O=C(Nc1nc2ccccc2[nH]1)[C@H]1CC(=O)N(c2ccccc2Br)C1. The largest absolute Gasteiger partial charge is 0.324 e. The summed E-state index contributed by atoms with van der Waals surface area (Å²) in [5.74, 6) is -0.274. The van der Waals surface area contributed by atoms with E-state index in [0.29, 0.717) is 12.5 Å². The van der Waals surface area contributed by atoms with E-state index >= 15 is 0 Å². The minimum Gasteiger partial charge on any atom is -0.324 e. The normalized spacial score (nSPS) is 17.2. The number of benzene rings is 2. The second kappa shape index (κ2) is 6.33. The molecule has 2 amide bonds. The van der Waals surface area contributed by atoms with E-state index in [1.807, 2.05) is 48.5 Å². The fourth-order valence-corrected chi connectivity index (χ4v) is 3.52. The van der Waals surface area contributed by atoms with Crippen molar-refractivity contribution in [3.8, 4) is 0 Å². The Kier molecular flexibility index (Phi) is 4.01. The van der Waals surface area contributed by atoms with E-state index in [0.717, 1.165) is 21.2 Å². The highest BCUT2D eigenvalue weighted by Gasteiger charge is 2.36. The predicted molar refractivity (Wildman–Crippen MR) is 99.3 cm³/mol. The molecule has 126 valence electrons. The van der Waals surface area contributed by atoms with Crippen molar-refractivity contribution in [2.75, 3.05) is 16.8 Å². The highest BCUT2D eigenvalue weighted by atomic mass is 79.9. The van der Waals surface area contributed by atoms with Crippen LogP contribution < -0.4 is 10.2 Å². The van der Waals surface area contributed by atoms with E-state index in [1.54, 1.807) is 4.90 Å². The number of nitrogens with one attached hydrogen (secondary N) is 2. The quantitative estimate of drug-likeness (QED) is 0.710. The van der Waals surface area contributed by atoms with Gasteiger partial charge in [0.1, 0.15) is 0 Å². The molecule has 0 spiro atoms. The molecule has 1 aliphatic heterocycles. The first-order valence-electron chi connectivity index (χ1n) is 7.92. The van der Waals surface area contributed by atoms with Crippen molar-refractivity contribution in [3.05, 3.63) is 53.0 Å². The second-order valence-electron chi connectivity index (χ2n) is 5.95. The molecule has 0 bridgehead atoms. The molecule has 25 heavy (non-hydrogen) atoms. The Hall–Kier alpha value is -2.67. The molecule has 0 saturated carbocycles. The van der Waals surface area contributed by atoms with Crippen molar-refractivity contribution in [2.24, 2.45) is 5.92 Å². The standard InChI is InChI=1S/C18H15BrN4O2/c19-12-5-1-4-8-15(12)23-10-11(9-16(23)24)17(25)22-18-20-13-6-2-3-7-14(13)21-18/h1-8,11H,9-10H2,(H2,20,21,22,25)/t11-/m0/s1. The number of aromatic nitrogens is 2. The number of fused-ring (bicyclic) bond motifs is 1. The molecule has 1 saturated heterocycles. The number of nitrogens with zero attached hydrogens (tertiary/aromatic N) is 2. The number of para-hydroxylation sites is 3. The van der Waals surface area contributed by atoms with Crippen molar-refractivity contribution in [2.45, 2.75) is 6.42 Å². The van der Waals surface area contributed by atoms with Gasteiger partial charge in [0.2, 0.25) is 17.8 Å². The molecule has 6 nitrogen and oxygen atoms in total. The van der Waals surface area contributed by atoms with Gasteiger partial charge >= 0.3 is 0 Å². The van der Waals surface area contributed by atoms with E-state index in [9.17, 15) is 9.59 Å². The fourth-order valence-electron chi connectivity index (χ4n) is 3.02. The second-order valence-corrected chi connectivity index (χ2v) is 6.80. The summed E-state index contributed by atoms with van der Waals surface area (Å²) in [6, 6.07) is 15.1. The van der Waals surface area contributed by atoms with Crippen molar-refractivity contribution < 1.29 is 9.59 Å². The zero-order valence-electron chi connectivity index (χ0n) is 13.2. The van der Waals surface area contributed by atoms with Gasteiger partial charge in [-0.3, -0.25) is 14.9 Å². The van der Waals surface area contributed by atoms with Crippen LogP contribution in [-0.2, 0) is 9.59 Å². The first-order chi connectivity index (χ1) is 12.1. The molecule has 2 aromatic carbocycles. The van der Waals surface area contributed by atoms with Crippen LogP contribution in [0.1, 0.15) is 6.42 Å². The van der Waals surface area contributed by atoms with Crippen LogP contribution >= 0.6 is 15.9 Å². The van der Waals surface area contributed by atoms with Crippen molar-refractivity contribution in [1.29, 1.82) is 0 Å². The number of H-pyrrole nitrogens is 1. The number of anilines is 2. The van der Waals surface area contributed by atoms with Crippen molar-refractivity contribution in [3.63, 3.8) is 0 Å². The minimum absolute atomic E-state index is 0.0587. The Labute approximate surface area is 152 Å². The number of carbonyl (C=O) groups excluding carboxylic acids is 2. The average Bonchev–Trinajstić information content (AvgIpc) is 3.18. The van der Waals surface area contributed by atoms with Gasteiger partial charge in [0, 0.05) is 17.4 Å². The summed E-state index contributed by atoms with van der Waals surface area (Å²) in [5.41, 5.74) is 2.43. The molecule has 2 heterocycles. The van der Waals surface area contributed by atoms with E-state index in [1.165, 1.54) is 0 Å². The molecular weight excluding hydrogens is 384 g/mol. The van der Waals surface area contributed by atoms with Gasteiger partial charge in [-0.1, -0.05) is 24.3 Å². The molecule has 1 aromatic heterocycles. The molecular formula is C18H15BrN4O2. The third kappa shape index (κ3) is 3.02. The summed E-state index contributed by atoms with van der Waals surface area (Å²) < 4.78 is 0.835. The number of rotatable bonds is 3. The number of halogens is 1. The molecule has 2 N–H and O–H groups in total. The van der Waals surface area contributed by atoms with Gasteiger partial charge in [-0.25, -0.2) is 4.98 Å². The van der Waals surface area contributed by atoms with Crippen LogP contribution in [0.4, 0.5) is 11.6 Å². The predicted octanol–water partition coefficient (Wildman–Crippen LogP) is 3.32. The van der Waals surface area contributed by atoms with Crippen molar-refractivity contribution >= 4 is 50.4 Å². The van der Waals surface area contributed by atoms with Gasteiger partial charge in [-0.05, 0) is 40.2 Å². The fraction of sp³-hybridized carbons (Fsp3) is 0.167. The summed E-state index contributed by atoms with van der Waals surface area (Å²) >= 11 is 3.45. The van der Waals surface area contributed by atoms with Crippen LogP contribution in [0.5, 0.6) is 0 Å². The smallest absolute Gasteiger partial charge is 0.232 e. The van der Waals surface area contributed by atoms with Gasteiger partial charge in [-0.2, -0.15) is 0 Å². The Morgan fingerprint density at radius 2 is 1.96 bits per heavy atom. The van der Waals surface area contributed by atoms with Gasteiger partial charge < -0.3 is 9.88 Å². The number of hydrogen-bond acceptors (Lipinski definition) is 3. The molecule has 4 rings (SSSR count). The summed E-state index contributed by atoms with van der Waals surface area (Å²) in [6.45, 7) is 0.355. The van der Waals surface area contributed by atoms with Crippen molar-refractivity contribution in [1.82, 2.24) is 9.97 Å². The Morgan fingerprint density at radius 3 is 2.76 bits per heavy atom. The zero-order chi connectivity index (χ0) is 17.4. The number of imidazole rings is 1. The first kappa shape index (κ1) is 15.8. The highest BCUT2D eigenvalue weighted by molar-refractivity contribution is 9.10. The lowest BCUT2D eigenvalue weighted by molar-refractivity contribution is -0.122. The molecule has 7 heteroatoms. The number of carbonyl (C=O) groups is 2. The van der Waals surface area contributed by atoms with E-state index in [-0.39, 0.29) is 18.2 Å². The Bertz CT molecular complexity index is 935. The van der Waals surface area contributed by atoms with Crippen LogP contribution in [0, 0.1) is 5.92 Å².